The Morgan fingerprint density at radius 3 is 2.21 bits per heavy atom. The molecule has 1 nitrogen and oxygen atoms in total. The van der Waals surface area contributed by atoms with Crippen molar-refractivity contribution in [2.75, 3.05) is 20.1 Å². The second-order valence-electron chi connectivity index (χ2n) is 5.35. The zero-order valence-corrected chi connectivity index (χ0v) is 10.5. The Labute approximate surface area is 89.9 Å². The summed E-state index contributed by atoms with van der Waals surface area (Å²) in [5.41, 5.74) is 0.636. The van der Waals surface area contributed by atoms with Gasteiger partial charge in [-0.3, -0.25) is 0 Å². The lowest BCUT2D eigenvalue weighted by atomic mass is 9.67. The van der Waals surface area contributed by atoms with Gasteiger partial charge < -0.3 is 4.90 Å². The van der Waals surface area contributed by atoms with Crippen molar-refractivity contribution < 1.29 is 0 Å². The molecule has 0 spiro atoms. The van der Waals surface area contributed by atoms with Gasteiger partial charge in [-0.05, 0) is 44.3 Å². The minimum absolute atomic E-state index is 0.636. The minimum atomic E-state index is 0.636. The normalized spacial score (nSPS) is 24.9. The van der Waals surface area contributed by atoms with Crippen LogP contribution in [0.5, 0.6) is 0 Å². The predicted octanol–water partition coefficient (Wildman–Crippen LogP) is 3.54. The number of hydrogen-bond acceptors (Lipinski definition) is 1. The van der Waals surface area contributed by atoms with Crippen LogP contribution in [0.15, 0.2) is 0 Å². The van der Waals surface area contributed by atoms with Crippen LogP contribution >= 0.6 is 0 Å². The Balaban J connectivity index is 2.53. The van der Waals surface area contributed by atoms with Crippen LogP contribution in [0.3, 0.4) is 0 Å². The molecule has 1 heterocycles. The molecular weight excluding hydrogens is 170 g/mol. The van der Waals surface area contributed by atoms with Crippen LogP contribution in [0.2, 0.25) is 0 Å². The van der Waals surface area contributed by atoms with Crippen LogP contribution in [-0.2, 0) is 0 Å². The molecular formula is C13H27N. The largest absolute Gasteiger partial charge is 0.306 e. The SMILES string of the molecule is CCCC(CC)C1(C)CCN(C)CC1. The fraction of sp³-hybridized carbons (Fsp3) is 1.00. The molecule has 0 aliphatic carbocycles. The van der Waals surface area contributed by atoms with E-state index in [2.05, 4.69) is 32.7 Å². The van der Waals surface area contributed by atoms with E-state index in [0.717, 1.165) is 5.92 Å². The van der Waals surface area contributed by atoms with Crippen LogP contribution in [0.25, 0.3) is 0 Å². The van der Waals surface area contributed by atoms with Crippen molar-refractivity contribution in [3.8, 4) is 0 Å². The third-order valence-electron chi connectivity index (χ3n) is 4.24. The van der Waals surface area contributed by atoms with E-state index in [9.17, 15) is 0 Å². The summed E-state index contributed by atoms with van der Waals surface area (Å²) in [5, 5.41) is 0. The lowest BCUT2D eigenvalue weighted by molar-refractivity contribution is 0.0683. The molecule has 14 heavy (non-hydrogen) atoms. The topological polar surface area (TPSA) is 3.24 Å². The van der Waals surface area contributed by atoms with Crippen molar-refractivity contribution in [3.05, 3.63) is 0 Å². The number of piperidine rings is 1. The van der Waals surface area contributed by atoms with E-state index in [1.54, 1.807) is 0 Å². The molecule has 1 rings (SSSR count). The quantitative estimate of drug-likeness (QED) is 0.666. The van der Waals surface area contributed by atoms with Gasteiger partial charge in [0.1, 0.15) is 0 Å². The fourth-order valence-corrected chi connectivity index (χ4v) is 2.93. The summed E-state index contributed by atoms with van der Waals surface area (Å²) in [5.74, 6) is 0.959. The molecule has 0 aromatic rings. The van der Waals surface area contributed by atoms with E-state index in [1.807, 2.05) is 0 Å². The summed E-state index contributed by atoms with van der Waals surface area (Å²) in [4.78, 5) is 2.47. The molecule has 0 bridgehead atoms. The van der Waals surface area contributed by atoms with Gasteiger partial charge in [0.2, 0.25) is 0 Å². The first-order valence-electron chi connectivity index (χ1n) is 6.31. The molecule has 1 atom stereocenters. The molecule has 1 aliphatic heterocycles. The monoisotopic (exact) mass is 197 g/mol. The van der Waals surface area contributed by atoms with Gasteiger partial charge in [0.25, 0.3) is 0 Å². The predicted molar refractivity (Wildman–Crippen MR) is 63.5 cm³/mol. The van der Waals surface area contributed by atoms with Gasteiger partial charge in [0.15, 0.2) is 0 Å². The first-order valence-corrected chi connectivity index (χ1v) is 6.31. The van der Waals surface area contributed by atoms with E-state index >= 15 is 0 Å². The van der Waals surface area contributed by atoms with Gasteiger partial charge in [-0.1, -0.05) is 40.0 Å². The highest BCUT2D eigenvalue weighted by Crippen LogP contribution is 2.41. The second kappa shape index (κ2) is 5.16. The highest BCUT2D eigenvalue weighted by Gasteiger charge is 2.34. The van der Waals surface area contributed by atoms with Crippen molar-refractivity contribution in [2.24, 2.45) is 11.3 Å². The molecule has 1 fully saturated rings. The van der Waals surface area contributed by atoms with E-state index in [1.165, 1.54) is 45.2 Å². The first-order chi connectivity index (χ1) is 6.62. The summed E-state index contributed by atoms with van der Waals surface area (Å²) in [6.45, 7) is 9.81. The van der Waals surface area contributed by atoms with Gasteiger partial charge in [0.05, 0.1) is 0 Å². The number of nitrogens with zero attached hydrogens (tertiary/aromatic N) is 1. The van der Waals surface area contributed by atoms with E-state index in [0.29, 0.717) is 5.41 Å². The Bertz CT molecular complexity index is 157. The van der Waals surface area contributed by atoms with Crippen molar-refractivity contribution >= 4 is 0 Å². The number of rotatable bonds is 4. The third-order valence-corrected chi connectivity index (χ3v) is 4.24. The Morgan fingerprint density at radius 1 is 1.21 bits per heavy atom. The number of likely N-dealkylation sites (tertiary alicyclic amines) is 1. The van der Waals surface area contributed by atoms with Crippen molar-refractivity contribution in [2.45, 2.75) is 52.9 Å². The lowest BCUT2D eigenvalue weighted by Gasteiger charge is -2.43. The maximum absolute atomic E-state index is 2.52. The smallest absolute Gasteiger partial charge is 0.00165 e. The van der Waals surface area contributed by atoms with Gasteiger partial charge in [-0.2, -0.15) is 0 Å². The summed E-state index contributed by atoms with van der Waals surface area (Å²) in [6.07, 6.45) is 6.96. The zero-order chi connectivity index (χ0) is 10.6. The average molecular weight is 197 g/mol. The summed E-state index contributed by atoms with van der Waals surface area (Å²) < 4.78 is 0. The van der Waals surface area contributed by atoms with E-state index in [4.69, 9.17) is 0 Å². The molecule has 1 saturated heterocycles. The molecule has 1 heteroatoms. The average Bonchev–Trinajstić information content (AvgIpc) is 2.19. The highest BCUT2D eigenvalue weighted by atomic mass is 15.1. The van der Waals surface area contributed by atoms with Gasteiger partial charge in [-0.15, -0.1) is 0 Å². The molecule has 0 aromatic carbocycles. The van der Waals surface area contributed by atoms with Crippen LogP contribution in [0.1, 0.15) is 52.9 Å². The van der Waals surface area contributed by atoms with Crippen molar-refractivity contribution in [1.29, 1.82) is 0 Å². The van der Waals surface area contributed by atoms with Gasteiger partial charge in [-0.25, -0.2) is 0 Å². The molecule has 0 saturated carbocycles. The van der Waals surface area contributed by atoms with Crippen LogP contribution in [0, 0.1) is 11.3 Å². The summed E-state index contributed by atoms with van der Waals surface area (Å²) in [7, 11) is 2.25. The fourth-order valence-electron chi connectivity index (χ4n) is 2.93. The Hall–Kier alpha value is -0.0400. The van der Waals surface area contributed by atoms with Gasteiger partial charge >= 0.3 is 0 Å². The summed E-state index contributed by atoms with van der Waals surface area (Å²) in [6, 6.07) is 0. The number of hydrogen-bond donors (Lipinski definition) is 0. The molecule has 0 N–H and O–H groups in total. The highest BCUT2D eigenvalue weighted by molar-refractivity contribution is 4.86. The molecule has 1 aliphatic rings. The molecule has 1 unspecified atom stereocenters. The molecule has 0 aromatic heterocycles. The maximum Gasteiger partial charge on any atom is -0.00165 e. The van der Waals surface area contributed by atoms with Gasteiger partial charge in [0, 0.05) is 0 Å². The van der Waals surface area contributed by atoms with Crippen molar-refractivity contribution in [3.63, 3.8) is 0 Å². The minimum Gasteiger partial charge on any atom is -0.306 e. The summed E-state index contributed by atoms with van der Waals surface area (Å²) >= 11 is 0. The Kier molecular flexibility index (Phi) is 4.43. The van der Waals surface area contributed by atoms with Crippen LogP contribution in [0.4, 0.5) is 0 Å². The zero-order valence-electron chi connectivity index (χ0n) is 10.5. The van der Waals surface area contributed by atoms with Crippen molar-refractivity contribution in [1.82, 2.24) is 4.90 Å². The van der Waals surface area contributed by atoms with Crippen LogP contribution < -0.4 is 0 Å². The molecule has 84 valence electrons. The molecule has 0 amide bonds. The van der Waals surface area contributed by atoms with Crippen LogP contribution in [-0.4, -0.2) is 25.0 Å². The Morgan fingerprint density at radius 2 is 1.79 bits per heavy atom. The third kappa shape index (κ3) is 2.73. The first kappa shape index (κ1) is 12.0. The molecule has 0 radical (unpaired) electrons. The standard InChI is InChI=1S/C13H27N/c1-5-7-12(6-2)13(3)8-10-14(4)11-9-13/h12H,5-11H2,1-4H3. The second-order valence-corrected chi connectivity index (χ2v) is 5.35. The lowest BCUT2D eigenvalue weighted by Crippen LogP contribution is -2.40. The van der Waals surface area contributed by atoms with E-state index in [-0.39, 0.29) is 0 Å². The maximum atomic E-state index is 2.52. The van der Waals surface area contributed by atoms with E-state index < -0.39 is 0 Å².